The molecule has 1 N–H and O–H groups in total. The lowest BCUT2D eigenvalue weighted by molar-refractivity contribution is -0.122. The highest BCUT2D eigenvalue weighted by molar-refractivity contribution is 5.86. The monoisotopic (exact) mass is 461 g/mol. The van der Waals surface area contributed by atoms with Gasteiger partial charge in [-0.1, -0.05) is 44.6 Å². The SMILES string of the molecule is COc1cc2cc(-c3ccc(CC(=O)NC4(C)CCCCCCCC4)cn3)cnc2cc1OC. The molecule has 34 heavy (non-hydrogen) atoms. The van der Waals surface area contributed by atoms with Crippen molar-refractivity contribution in [1.82, 2.24) is 15.3 Å². The van der Waals surface area contributed by atoms with Gasteiger partial charge in [-0.15, -0.1) is 0 Å². The molecule has 0 aliphatic heterocycles. The zero-order chi connectivity index (χ0) is 24.0. The van der Waals surface area contributed by atoms with Gasteiger partial charge in [0.2, 0.25) is 5.91 Å². The van der Waals surface area contributed by atoms with Crippen LogP contribution in [0.2, 0.25) is 0 Å². The number of ether oxygens (including phenoxy) is 2. The molecule has 1 aliphatic carbocycles. The van der Waals surface area contributed by atoms with Crippen molar-refractivity contribution in [2.45, 2.75) is 70.3 Å². The summed E-state index contributed by atoms with van der Waals surface area (Å²) in [5.41, 5.74) is 3.36. The first kappa shape index (κ1) is 24.0. The molecule has 180 valence electrons. The van der Waals surface area contributed by atoms with E-state index >= 15 is 0 Å². The van der Waals surface area contributed by atoms with Crippen LogP contribution < -0.4 is 14.8 Å². The number of carbonyl (C=O) groups excluding carboxylic acids is 1. The summed E-state index contributed by atoms with van der Waals surface area (Å²) in [6, 6.07) is 9.75. The van der Waals surface area contributed by atoms with E-state index in [1.807, 2.05) is 30.3 Å². The van der Waals surface area contributed by atoms with E-state index in [0.29, 0.717) is 17.9 Å². The highest BCUT2D eigenvalue weighted by atomic mass is 16.5. The lowest BCUT2D eigenvalue weighted by Crippen LogP contribution is -2.46. The van der Waals surface area contributed by atoms with Gasteiger partial charge >= 0.3 is 0 Å². The summed E-state index contributed by atoms with van der Waals surface area (Å²) >= 11 is 0. The topological polar surface area (TPSA) is 73.3 Å². The Labute approximate surface area is 202 Å². The maximum absolute atomic E-state index is 12.8. The van der Waals surface area contributed by atoms with Crippen molar-refractivity contribution in [1.29, 1.82) is 0 Å². The van der Waals surface area contributed by atoms with Gasteiger partial charge in [0.1, 0.15) is 0 Å². The Morgan fingerprint density at radius 3 is 2.24 bits per heavy atom. The quantitative estimate of drug-likeness (QED) is 0.497. The molecule has 2 heterocycles. The highest BCUT2D eigenvalue weighted by Crippen LogP contribution is 2.33. The standard InChI is InChI=1S/C28H35N3O3/c1-28(12-8-6-4-5-7-9-13-28)31-27(32)14-20-10-11-23(29-18-20)22-15-21-16-25(33-2)26(34-3)17-24(21)30-19-22/h10-11,15-19H,4-9,12-14H2,1-3H3,(H,31,32). The number of hydrogen-bond acceptors (Lipinski definition) is 5. The van der Waals surface area contributed by atoms with Crippen LogP contribution in [0.15, 0.2) is 42.7 Å². The molecule has 1 amide bonds. The van der Waals surface area contributed by atoms with Crippen molar-refractivity contribution >= 4 is 16.8 Å². The summed E-state index contributed by atoms with van der Waals surface area (Å²) in [6.07, 6.45) is 13.6. The number of pyridine rings is 2. The summed E-state index contributed by atoms with van der Waals surface area (Å²) in [5, 5.41) is 4.27. The lowest BCUT2D eigenvalue weighted by atomic mass is 9.89. The molecule has 0 saturated heterocycles. The molecule has 6 heteroatoms. The Hall–Kier alpha value is -3.15. The van der Waals surface area contributed by atoms with E-state index in [1.54, 1.807) is 26.6 Å². The maximum Gasteiger partial charge on any atom is 0.224 e. The van der Waals surface area contributed by atoms with Crippen LogP contribution in [0.4, 0.5) is 0 Å². The van der Waals surface area contributed by atoms with Crippen LogP contribution in [0.25, 0.3) is 22.2 Å². The van der Waals surface area contributed by atoms with Gasteiger partial charge in [-0.2, -0.15) is 0 Å². The molecule has 1 saturated carbocycles. The summed E-state index contributed by atoms with van der Waals surface area (Å²) in [7, 11) is 3.24. The minimum Gasteiger partial charge on any atom is -0.493 e. The number of aromatic nitrogens is 2. The first-order chi connectivity index (χ1) is 16.5. The fraction of sp³-hybridized carbons (Fsp3) is 0.464. The second kappa shape index (κ2) is 10.9. The molecule has 0 unspecified atom stereocenters. The van der Waals surface area contributed by atoms with Gasteiger partial charge in [0.05, 0.1) is 31.9 Å². The summed E-state index contributed by atoms with van der Waals surface area (Å²) in [4.78, 5) is 22.0. The number of methoxy groups -OCH3 is 2. The number of benzene rings is 1. The van der Waals surface area contributed by atoms with E-state index in [0.717, 1.165) is 40.6 Å². The number of nitrogens with one attached hydrogen (secondary N) is 1. The van der Waals surface area contributed by atoms with E-state index in [-0.39, 0.29) is 11.4 Å². The Morgan fingerprint density at radius 1 is 0.912 bits per heavy atom. The molecule has 1 aromatic carbocycles. The van der Waals surface area contributed by atoms with Gasteiger partial charge in [0.25, 0.3) is 0 Å². The fourth-order valence-corrected chi connectivity index (χ4v) is 4.85. The number of nitrogens with zero attached hydrogens (tertiary/aromatic N) is 2. The average molecular weight is 462 g/mol. The predicted octanol–water partition coefficient (Wildman–Crippen LogP) is 5.87. The van der Waals surface area contributed by atoms with Crippen LogP contribution >= 0.6 is 0 Å². The number of amides is 1. The van der Waals surface area contributed by atoms with Gasteiger partial charge in [0, 0.05) is 34.9 Å². The van der Waals surface area contributed by atoms with E-state index in [9.17, 15) is 4.79 Å². The van der Waals surface area contributed by atoms with Gasteiger partial charge in [0.15, 0.2) is 11.5 Å². The molecular formula is C28H35N3O3. The van der Waals surface area contributed by atoms with E-state index < -0.39 is 0 Å². The molecule has 0 bridgehead atoms. The second-order valence-electron chi connectivity index (χ2n) is 9.58. The molecule has 3 aromatic rings. The van der Waals surface area contributed by atoms with Gasteiger partial charge in [-0.25, -0.2) is 0 Å². The maximum atomic E-state index is 12.8. The third kappa shape index (κ3) is 5.85. The summed E-state index contributed by atoms with van der Waals surface area (Å²) < 4.78 is 10.8. The van der Waals surface area contributed by atoms with Crippen molar-refractivity contribution in [2.75, 3.05) is 14.2 Å². The lowest BCUT2D eigenvalue weighted by Gasteiger charge is -2.31. The van der Waals surface area contributed by atoms with E-state index in [4.69, 9.17) is 9.47 Å². The third-order valence-electron chi connectivity index (χ3n) is 6.82. The molecule has 1 aliphatic rings. The van der Waals surface area contributed by atoms with Crippen LogP contribution in [0.1, 0.15) is 63.9 Å². The van der Waals surface area contributed by atoms with Crippen LogP contribution in [-0.4, -0.2) is 35.6 Å². The molecule has 2 aromatic heterocycles. The van der Waals surface area contributed by atoms with Gasteiger partial charge in [-0.05, 0) is 43.5 Å². The van der Waals surface area contributed by atoms with Crippen LogP contribution in [0.5, 0.6) is 11.5 Å². The van der Waals surface area contributed by atoms with Crippen molar-refractivity contribution < 1.29 is 14.3 Å². The molecule has 0 radical (unpaired) electrons. The zero-order valence-electron chi connectivity index (χ0n) is 20.5. The minimum absolute atomic E-state index is 0.0738. The zero-order valence-corrected chi connectivity index (χ0v) is 20.5. The van der Waals surface area contributed by atoms with Crippen molar-refractivity contribution in [3.05, 3.63) is 48.3 Å². The Morgan fingerprint density at radius 2 is 1.59 bits per heavy atom. The normalized spacial score (nSPS) is 16.2. The number of fused-ring (bicyclic) bond motifs is 1. The smallest absolute Gasteiger partial charge is 0.224 e. The fourth-order valence-electron chi connectivity index (χ4n) is 4.85. The first-order valence-corrected chi connectivity index (χ1v) is 12.3. The molecule has 1 fully saturated rings. The van der Waals surface area contributed by atoms with Crippen LogP contribution in [-0.2, 0) is 11.2 Å². The van der Waals surface area contributed by atoms with Crippen LogP contribution in [0, 0.1) is 0 Å². The van der Waals surface area contributed by atoms with Crippen molar-refractivity contribution in [3.8, 4) is 22.8 Å². The molecule has 0 spiro atoms. The predicted molar refractivity (Wildman–Crippen MR) is 135 cm³/mol. The second-order valence-corrected chi connectivity index (χ2v) is 9.58. The largest absolute Gasteiger partial charge is 0.493 e. The van der Waals surface area contributed by atoms with Gasteiger partial charge in [-0.3, -0.25) is 14.8 Å². The number of rotatable bonds is 6. The number of carbonyl (C=O) groups is 1. The minimum atomic E-state index is -0.102. The van der Waals surface area contributed by atoms with Crippen molar-refractivity contribution in [3.63, 3.8) is 0 Å². The highest BCUT2D eigenvalue weighted by Gasteiger charge is 2.26. The number of hydrogen-bond donors (Lipinski definition) is 1. The molecule has 4 rings (SSSR count). The molecule has 0 atom stereocenters. The van der Waals surface area contributed by atoms with Gasteiger partial charge < -0.3 is 14.8 Å². The first-order valence-electron chi connectivity index (χ1n) is 12.3. The van der Waals surface area contributed by atoms with Crippen LogP contribution in [0.3, 0.4) is 0 Å². The summed E-state index contributed by atoms with van der Waals surface area (Å²) in [6.45, 7) is 2.20. The van der Waals surface area contributed by atoms with Crippen molar-refractivity contribution in [2.24, 2.45) is 0 Å². The van der Waals surface area contributed by atoms with E-state index in [1.165, 1.54) is 38.5 Å². The Kier molecular flexibility index (Phi) is 7.66. The average Bonchev–Trinajstić information content (AvgIpc) is 2.95. The van der Waals surface area contributed by atoms with E-state index in [2.05, 4.69) is 22.2 Å². The third-order valence-corrected chi connectivity index (χ3v) is 6.82. The Balaban J connectivity index is 1.44. The molecule has 6 nitrogen and oxygen atoms in total. The summed E-state index contributed by atoms with van der Waals surface area (Å²) in [5.74, 6) is 1.39. The molecular weight excluding hydrogens is 426 g/mol. The Bertz CT molecular complexity index is 1120.